The summed E-state index contributed by atoms with van der Waals surface area (Å²) in [5, 5.41) is 4.15. The summed E-state index contributed by atoms with van der Waals surface area (Å²) < 4.78 is 5.96. The fourth-order valence-corrected chi connectivity index (χ4v) is 2.17. The van der Waals surface area contributed by atoms with Crippen molar-refractivity contribution >= 4 is 10.9 Å². The van der Waals surface area contributed by atoms with Gasteiger partial charge < -0.3 is 10.1 Å². The molecule has 0 spiro atoms. The Morgan fingerprint density at radius 2 is 1.85 bits per heavy atom. The van der Waals surface area contributed by atoms with E-state index in [2.05, 4.69) is 22.4 Å². The van der Waals surface area contributed by atoms with Gasteiger partial charge in [0.25, 0.3) is 0 Å². The number of benzene rings is 2. The lowest BCUT2D eigenvalue weighted by Gasteiger charge is -2.09. The van der Waals surface area contributed by atoms with E-state index in [4.69, 9.17) is 4.74 Å². The van der Waals surface area contributed by atoms with Crippen molar-refractivity contribution < 1.29 is 4.74 Å². The zero-order chi connectivity index (χ0) is 13.8. The Hall–Kier alpha value is -2.39. The third-order valence-electron chi connectivity index (χ3n) is 3.14. The van der Waals surface area contributed by atoms with Crippen LogP contribution in [0.4, 0.5) is 0 Å². The molecular formula is C17H16N2O. The molecule has 3 rings (SSSR count). The SMILES string of the molecule is CNCc1ccc(Oc2cccc3ncccc23)cc1. The summed E-state index contributed by atoms with van der Waals surface area (Å²) in [7, 11) is 1.94. The fraction of sp³-hybridized carbons (Fsp3) is 0.118. The van der Waals surface area contributed by atoms with Crippen LogP contribution in [0.25, 0.3) is 10.9 Å². The van der Waals surface area contributed by atoms with Crippen LogP contribution in [0.2, 0.25) is 0 Å². The molecule has 0 aliphatic heterocycles. The van der Waals surface area contributed by atoms with Gasteiger partial charge in [-0.05, 0) is 49.0 Å². The van der Waals surface area contributed by atoms with E-state index in [1.54, 1.807) is 6.20 Å². The fourth-order valence-electron chi connectivity index (χ4n) is 2.17. The number of pyridine rings is 1. The van der Waals surface area contributed by atoms with Gasteiger partial charge in [0.1, 0.15) is 11.5 Å². The average Bonchev–Trinajstić information content (AvgIpc) is 2.50. The van der Waals surface area contributed by atoms with Gasteiger partial charge in [0.15, 0.2) is 0 Å². The normalized spacial score (nSPS) is 10.7. The molecule has 1 N–H and O–H groups in total. The van der Waals surface area contributed by atoms with Gasteiger partial charge in [-0.15, -0.1) is 0 Å². The predicted octanol–water partition coefficient (Wildman–Crippen LogP) is 3.75. The highest BCUT2D eigenvalue weighted by atomic mass is 16.5. The van der Waals surface area contributed by atoms with Gasteiger partial charge in [-0.1, -0.05) is 18.2 Å². The smallest absolute Gasteiger partial charge is 0.136 e. The Bertz CT molecular complexity index is 702. The van der Waals surface area contributed by atoms with Gasteiger partial charge in [-0.25, -0.2) is 0 Å². The third kappa shape index (κ3) is 2.63. The van der Waals surface area contributed by atoms with Gasteiger partial charge in [0.05, 0.1) is 5.52 Å². The lowest BCUT2D eigenvalue weighted by Crippen LogP contribution is -2.04. The topological polar surface area (TPSA) is 34.1 Å². The maximum absolute atomic E-state index is 5.96. The van der Waals surface area contributed by atoms with E-state index < -0.39 is 0 Å². The van der Waals surface area contributed by atoms with Gasteiger partial charge in [-0.2, -0.15) is 0 Å². The summed E-state index contributed by atoms with van der Waals surface area (Å²) >= 11 is 0. The Balaban J connectivity index is 1.89. The van der Waals surface area contributed by atoms with Crippen LogP contribution in [0.1, 0.15) is 5.56 Å². The lowest BCUT2D eigenvalue weighted by molar-refractivity contribution is 0.488. The van der Waals surface area contributed by atoms with Crippen LogP contribution in [-0.4, -0.2) is 12.0 Å². The highest BCUT2D eigenvalue weighted by Crippen LogP contribution is 2.28. The molecule has 1 aromatic heterocycles. The third-order valence-corrected chi connectivity index (χ3v) is 3.14. The van der Waals surface area contributed by atoms with Crippen molar-refractivity contribution in [2.45, 2.75) is 6.54 Å². The number of nitrogens with zero attached hydrogens (tertiary/aromatic N) is 1. The maximum Gasteiger partial charge on any atom is 0.136 e. The Morgan fingerprint density at radius 3 is 2.65 bits per heavy atom. The van der Waals surface area contributed by atoms with Crippen LogP contribution in [0.3, 0.4) is 0 Å². The second-order valence-electron chi connectivity index (χ2n) is 4.60. The van der Waals surface area contributed by atoms with E-state index in [0.717, 1.165) is 28.9 Å². The minimum Gasteiger partial charge on any atom is -0.457 e. The Morgan fingerprint density at radius 1 is 1.00 bits per heavy atom. The summed E-state index contributed by atoms with van der Waals surface area (Å²) in [6, 6.07) is 18.0. The van der Waals surface area contributed by atoms with Crippen molar-refractivity contribution in [2.75, 3.05) is 7.05 Å². The van der Waals surface area contributed by atoms with E-state index in [9.17, 15) is 0 Å². The molecule has 0 bridgehead atoms. The van der Waals surface area contributed by atoms with Crippen LogP contribution in [0.15, 0.2) is 60.8 Å². The largest absolute Gasteiger partial charge is 0.457 e. The number of hydrogen-bond donors (Lipinski definition) is 1. The molecule has 0 saturated heterocycles. The standard InChI is InChI=1S/C17H16N2O/c1-18-12-13-7-9-14(10-8-13)20-17-6-2-5-16-15(17)4-3-11-19-16/h2-11,18H,12H2,1H3. The minimum absolute atomic E-state index is 0.831. The van der Waals surface area contributed by atoms with Crippen molar-refractivity contribution in [1.29, 1.82) is 0 Å². The second-order valence-corrected chi connectivity index (χ2v) is 4.60. The summed E-state index contributed by atoms with van der Waals surface area (Å²) in [6.07, 6.45) is 1.79. The van der Waals surface area contributed by atoms with Gasteiger partial charge >= 0.3 is 0 Å². The van der Waals surface area contributed by atoms with Crippen LogP contribution in [-0.2, 0) is 6.54 Å². The zero-order valence-corrected chi connectivity index (χ0v) is 11.3. The lowest BCUT2D eigenvalue weighted by atomic mass is 10.2. The number of hydrogen-bond acceptors (Lipinski definition) is 3. The first-order chi connectivity index (χ1) is 9.86. The molecule has 1 heterocycles. The number of rotatable bonds is 4. The number of nitrogens with one attached hydrogen (secondary N) is 1. The monoisotopic (exact) mass is 264 g/mol. The molecule has 0 aliphatic carbocycles. The van der Waals surface area contributed by atoms with E-state index >= 15 is 0 Å². The molecule has 0 unspecified atom stereocenters. The molecule has 0 aliphatic rings. The van der Waals surface area contributed by atoms with Crippen molar-refractivity contribution in [3.8, 4) is 11.5 Å². The number of fused-ring (bicyclic) bond motifs is 1. The van der Waals surface area contributed by atoms with Crippen molar-refractivity contribution in [1.82, 2.24) is 10.3 Å². The molecule has 3 heteroatoms. The van der Waals surface area contributed by atoms with Crippen LogP contribution in [0, 0.1) is 0 Å². The molecule has 100 valence electrons. The second kappa shape index (κ2) is 5.72. The highest BCUT2D eigenvalue weighted by molar-refractivity contribution is 5.85. The van der Waals surface area contributed by atoms with E-state index in [-0.39, 0.29) is 0 Å². The summed E-state index contributed by atoms with van der Waals surface area (Å²) in [6.45, 7) is 0.860. The molecule has 0 atom stereocenters. The van der Waals surface area contributed by atoms with Crippen molar-refractivity contribution in [3.63, 3.8) is 0 Å². The summed E-state index contributed by atoms with van der Waals surface area (Å²) in [4.78, 5) is 4.33. The molecule has 0 radical (unpaired) electrons. The molecule has 0 saturated carbocycles. The predicted molar refractivity (Wildman–Crippen MR) is 81.0 cm³/mol. The van der Waals surface area contributed by atoms with Crippen LogP contribution >= 0.6 is 0 Å². The van der Waals surface area contributed by atoms with Crippen molar-refractivity contribution in [2.24, 2.45) is 0 Å². The molecular weight excluding hydrogens is 248 g/mol. The average molecular weight is 264 g/mol. The van der Waals surface area contributed by atoms with Gasteiger partial charge in [0, 0.05) is 18.1 Å². The molecule has 3 aromatic rings. The summed E-state index contributed by atoms with van der Waals surface area (Å²) in [5.41, 5.74) is 2.18. The molecule has 20 heavy (non-hydrogen) atoms. The first-order valence-electron chi connectivity index (χ1n) is 6.62. The van der Waals surface area contributed by atoms with Crippen LogP contribution in [0.5, 0.6) is 11.5 Å². The Kier molecular flexibility index (Phi) is 3.61. The molecule has 0 fully saturated rings. The Labute approximate surface area is 118 Å². The maximum atomic E-state index is 5.96. The molecule has 3 nitrogen and oxygen atoms in total. The molecule has 2 aromatic carbocycles. The summed E-state index contributed by atoms with van der Waals surface area (Å²) in [5.74, 6) is 1.66. The van der Waals surface area contributed by atoms with E-state index in [1.807, 2.05) is 49.5 Å². The van der Waals surface area contributed by atoms with Gasteiger partial charge in [0.2, 0.25) is 0 Å². The minimum atomic E-state index is 0.831. The first kappa shape index (κ1) is 12.6. The number of aromatic nitrogens is 1. The van der Waals surface area contributed by atoms with E-state index in [1.165, 1.54) is 5.56 Å². The highest BCUT2D eigenvalue weighted by Gasteiger charge is 2.03. The molecule has 0 amide bonds. The van der Waals surface area contributed by atoms with E-state index in [0.29, 0.717) is 0 Å². The first-order valence-corrected chi connectivity index (χ1v) is 6.62. The zero-order valence-electron chi connectivity index (χ0n) is 11.3. The van der Waals surface area contributed by atoms with Crippen molar-refractivity contribution in [3.05, 3.63) is 66.4 Å². The number of ether oxygens (including phenoxy) is 1. The van der Waals surface area contributed by atoms with Crippen LogP contribution < -0.4 is 10.1 Å². The quantitative estimate of drug-likeness (QED) is 0.779. The van der Waals surface area contributed by atoms with Gasteiger partial charge in [-0.3, -0.25) is 4.98 Å².